The average Bonchev–Trinajstić information content (AvgIpc) is 2.98. The molecule has 1 aromatic carbocycles. The molecule has 0 spiro atoms. The van der Waals surface area contributed by atoms with Crippen molar-refractivity contribution in [2.75, 3.05) is 13.2 Å². The molecule has 1 heterocycles. The number of nitrogens with zero attached hydrogens (tertiary/aromatic N) is 1. The number of benzene rings is 1. The summed E-state index contributed by atoms with van der Waals surface area (Å²) in [5.41, 5.74) is -0.621. The average molecular weight is 319 g/mol. The highest BCUT2D eigenvalue weighted by atomic mass is 16.6. The molecule has 6 heteroatoms. The van der Waals surface area contributed by atoms with Gasteiger partial charge < -0.3 is 9.84 Å². The monoisotopic (exact) mass is 319 g/mol. The predicted molar refractivity (Wildman–Crippen MR) is 83.1 cm³/mol. The van der Waals surface area contributed by atoms with Crippen LogP contribution in [-0.4, -0.2) is 46.5 Å². The van der Waals surface area contributed by atoms with E-state index in [0.717, 1.165) is 16.9 Å². The number of carbonyl (C=O) groups is 3. The van der Waals surface area contributed by atoms with Gasteiger partial charge in [0.1, 0.15) is 0 Å². The van der Waals surface area contributed by atoms with E-state index in [4.69, 9.17) is 4.74 Å². The van der Waals surface area contributed by atoms with Crippen molar-refractivity contribution in [2.45, 2.75) is 38.1 Å². The highest BCUT2D eigenvalue weighted by Gasteiger charge is 2.54. The number of carbonyl (C=O) groups excluding carboxylic acids is 2. The minimum atomic E-state index is -1.77. The number of Topliss-reactive ketones (excluding diaryl/α,β-unsaturated/α-hetero) is 1. The second-order valence-corrected chi connectivity index (χ2v) is 5.68. The van der Waals surface area contributed by atoms with Gasteiger partial charge in [0, 0.05) is 6.54 Å². The highest BCUT2D eigenvalue weighted by Crippen LogP contribution is 2.31. The molecule has 1 aliphatic heterocycles. The molecule has 1 aliphatic rings. The zero-order chi connectivity index (χ0) is 16.9. The SMILES string of the molecule is CC(=O)C1(C(=O)O)CCCN1C(=O)OCCCc1ccccc1. The molecule has 2 rings (SSSR count). The summed E-state index contributed by atoms with van der Waals surface area (Å²) in [6.45, 7) is 1.62. The molecule has 1 aromatic rings. The molecule has 0 saturated carbocycles. The van der Waals surface area contributed by atoms with E-state index < -0.39 is 23.4 Å². The summed E-state index contributed by atoms with van der Waals surface area (Å²) < 4.78 is 5.17. The van der Waals surface area contributed by atoms with Crippen LogP contribution in [0.5, 0.6) is 0 Å². The molecule has 1 atom stereocenters. The van der Waals surface area contributed by atoms with Crippen LogP contribution in [0.4, 0.5) is 4.79 Å². The summed E-state index contributed by atoms with van der Waals surface area (Å²) in [4.78, 5) is 36.6. The zero-order valence-corrected chi connectivity index (χ0v) is 13.2. The van der Waals surface area contributed by atoms with Crippen molar-refractivity contribution < 1.29 is 24.2 Å². The van der Waals surface area contributed by atoms with Gasteiger partial charge in [-0.25, -0.2) is 9.59 Å². The van der Waals surface area contributed by atoms with Gasteiger partial charge in [0.25, 0.3) is 0 Å². The number of ether oxygens (including phenoxy) is 1. The topological polar surface area (TPSA) is 83.9 Å². The lowest BCUT2D eigenvalue weighted by atomic mass is 9.92. The van der Waals surface area contributed by atoms with Gasteiger partial charge >= 0.3 is 12.1 Å². The van der Waals surface area contributed by atoms with Crippen LogP contribution in [0.2, 0.25) is 0 Å². The largest absolute Gasteiger partial charge is 0.479 e. The van der Waals surface area contributed by atoms with Gasteiger partial charge in [-0.05, 0) is 38.2 Å². The number of amides is 1. The summed E-state index contributed by atoms with van der Waals surface area (Å²) in [6.07, 6.45) is 1.30. The fraction of sp³-hybridized carbons (Fsp3) is 0.471. The molecule has 1 saturated heterocycles. The van der Waals surface area contributed by atoms with Crippen LogP contribution in [0.1, 0.15) is 31.7 Å². The number of hydrogen-bond acceptors (Lipinski definition) is 4. The number of ketones is 1. The normalized spacial score (nSPS) is 20.3. The number of rotatable bonds is 6. The molecule has 0 aliphatic carbocycles. The maximum absolute atomic E-state index is 12.2. The number of aliphatic carboxylic acids is 1. The molecule has 23 heavy (non-hydrogen) atoms. The first-order valence-electron chi connectivity index (χ1n) is 7.71. The van der Waals surface area contributed by atoms with Gasteiger partial charge in [0.2, 0.25) is 5.54 Å². The van der Waals surface area contributed by atoms with Gasteiger partial charge in [0.15, 0.2) is 5.78 Å². The molecular weight excluding hydrogens is 298 g/mol. The van der Waals surface area contributed by atoms with Crippen molar-refractivity contribution in [3.8, 4) is 0 Å². The minimum absolute atomic E-state index is 0.136. The molecule has 1 N–H and O–H groups in total. The van der Waals surface area contributed by atoms with Crippen molar-refractivity contribution in [1.82, 2.24) is 4.90 Å². The Hall–Kier alpha value is -2.37. The fourth-order valence-electron chi connectivity index (χ4n) is 2.96. The Labute approximate surface area is 135 Å². The third-order valence-corrected chi connectivity index (χ3v) is 4.22. The molecule has 0 radical (unpaired) electrons. The molecular formula is C17H21NO5. The summed E-state index contributed by atoms with van der Waals surface area (Å²) in [5, 5.41) is 9.40. The molecule has 124 valence electrons. The first-order chi connectivity index (χ1) is 11.0. The van der Waals surface area contributed by atoms with E-state index in [9.17, 15) is 19.5 Å². The van der Waals surface area contributed by atoms with Crippen LogP contribution >= 0.6 is 0 Å². The standard InChI is InChI=1S/C17H21NO5/c1-13(19)17(15(20)21)10-6-11-18(17)16(22)23-12-5-9-14-7-3-2-4-8-14/h2-4,7-8H,5-6,9-12H2,1H3,(H,20,21). The van der Waals surface area contributed by atoms with Crippen LogP contribution in [0.25, 0.3) is 0 Å². The van der Waals surface area contributed by atoms with E-state index >= 15 is 0 Å². The predicted octanol–water partition coefficient (Wildman–Crippen LogP) is 2.26. The van der Waals surface area contributed by atoms with Crippen molar-refractivity contribution in [1.29, 1.82) is 0 Å². The Balaban J connectivity index is 1.89. The summed E-state index contributed by atoms with van der Waals surface area (Å²) in [5.74, 6) is -1.83. The Morgan fingerprint density at radius 3 is 2.57 bits per heavy atom. The van der Waals surface area contributed by atoms with Crippen molar-refractivity contribution in [3.05, 3.63) is 35.9 Å². The molecule has 1 amide bonds. The van der Waals surface area contributed by atoms with Crippen LogP contribution in [0.3, 0.4) is 0 Å². The quantitative estimate of drug-likeness (QED) is 0.642. The van der Waals surface area contributed by atoms with E-state index in [0.29, 0.717) is 12.8 Å². The van der Waals surface area contributed by atoms with E-state index in [-0.39, 0.29) is 19.6 Å². The third-order valence-electron chi connectivity index (χ3n) is 4.22. The molecule has 6 nitrogen and oxygen atoms in total. The molecule has 1 fully saturated rings. The van der Waals surface area contributed by atoms with E-state index in [1.165, 1.54) is 6.92 Å². The van der Waals surface area contributed by atoms with Gasteiger partial charge in [-0.3, -0.25) is 9.69 Å². The number of carboxylic acid groups (broad SMARTS) is 1. The number of aryl methyl sites for hydroxylation is 1. The van der Waals surface area contributed by atoms with Crippen molar-refractivity contribution >= 4 is 17.8 Å². The second-order valence-electron chi connectivity index (χ2n) is 5.68. The van der Waals surface area contributed by atoms with Crippen molar-refractivity contribution in [2.24, 2.45) is 0 Å². The first kappa shape index (κ1) is 17.0. The van der Waals surface area contributed by atoms with Crippen LogP contribution < -0.4 is 0 Å². The Morgan fingerprint density at radius 2 is 1.96 bits per heavy atom. The Kier molecular flexibility index (Phi) is 5.36. The maximum atomic E-state index is 12.2. The van der Waals surface area contributed by atoms with Gasteiger partial charge in [-0.2, -0.15) is 0 Å². The maximum Gasteiger partial charge on any atom is 0.411 e. The second kappa shape index (κ2) is 7.26. The van der Waals surface area contributed by atoms with E-state index in [2.05, 4.69) is 0 Å². The number of carboxylic acids is 1. The Morgan fingerprint density at radius 1 is 1.26 bits per heavy atom. The summed E-state index contributed by atoms with van der Waals surface area (Å²) in [7, 11) is 0. The number of hydrogen-bond donors (Lipinski definition) is 1. The van der Waals surface area contributed by atoms with Crippen LogP contribution in [-0.2, 0) is 20.7 Å². The fourth-order valence-corrected chi connectivity index (χ4v) is 2.96. The highest BCUT2D eigenvalue weighted by molar-refractivity contribution is 6.09. The lowest BCUT2D eigenvalue weighted by Crippen LogP contribution is -2.57. The molecule has 1 unspecified atom stereocenters. The third kappa shape index (κ3) is 3.52. The molecule has 0 aromatic heterocycles. The smallest absolute Gasteiger partial charge is 0.411 e. The van der Waals surface area contributed by atoms with E-state index in [1.807, 2.05) is 30.3 Å². The number of likely N-dealkylation sites (tertiary alicyclic amines) is 1. The van der Waals surface area contributed by atoms with Gasteiger partial charge in [-0.15, -0.1) is 0 Å². The lowest BCUT2D eigenvalue weighted by molar-refractivity contribution is -0.154. The molecule has 0 bridgehead atoms. The van der Waals surface area contributed by atoms with Gasteiger partial charge in [-0.1, -0.05) is 30.3 Å². The Bertz CT molecular complexity index is 570. The first-order valence-corrected chi connectivity index (χ1v) is 7.71. The summed E-state index contributed by atoms with van der Waals surface area (Å²) in [6, 6.07) is 9.81. The minimum Gasteiger partial charge on any atom is -0.479 e. The zero-order valence-electron chi connectivity index (χ0n) is 13.2. The lowest BCUT2D eigenvalue weighted by Gasteiger charge is -2.31. The van der Waals surface area contributed by atoms with Crippen LogP contribution in [0, 0.1) is 0 Å². The van der Waals surface area contributed by atoms with Crippen molar-refractivity contribution in [3.63, 3.8) is 0 Å². The van der Waals surface area contributed by atoms with E-state index in [1.54, 1.807) is 0 Å². The van der Waals surface area contributed by atoms with Crippen LogP contribution in [0.15, 0.2) is 30.3 Å². The van der Waals surface area contributed by atoms with Gasteiger partial charge in [0.05, 0.1) is 6.61 Å². The summed E-state index contributed by atoms with van der Waals surface area (Å²) >= 11 is 0.